The van der Waals surface area contributed by atoms with Gasteiger partial charge in [0.25, 0.3) is 0 Å². The van der Waals surface area contributed by atoms with Gasteiger partial charge in [0.1, 0.15) is 5.01 Å². The van der Waals surface area contributed by atoms with Crippen LogP contribution < -0.4 is 5.32 Å². The van der Waals surface area contributed by atoms with Gasteiger partial charge in [-0.3, -0.25) is 4.90 Å². The average Bonchev–Trinajstić information content (AvgIpc) is 2.77. The zero-order valence-electron chi connectivity index (χ0n) is 11.4. The van der Waals surface area contributed by atoms with Crippen molar-refractivity contribution in [3.63, 3.8) is 0 Å². The summed E-state index contributed by atoms with van der Waals surface area (Å²) in [6.45, 7) is 10.9. The highest BCUT2D eigenvalue weighted by molar-refractivity contribution is 7.15. The molecule has 0 saturated carbocycles. The van der Waals surface area contributed by atoms with Crippen molar-refractivity contribution in [2.75, 3.05) is 31.6 Å². The molecule has 0 radical (unpaired) electrons. The van der Waals surface area contributed by atoms with E-state index in [1.807, 2.05) is 0 Å². The molecule has 2 rings (SSSR count). The Bertz CT molecular complexity index is 380. The number of morpholine rings is 1. The highest BCUT2D eigenvalue weighted by Crippen LogP contribution is 2.24. The number of aromatic nitrogens is 2. The fraction of sp³-hybridized carbons (Fsp3) is 0.833. The molecule has 1 aliphatic heterocycles. The van der Waals surface area contributed by atoms with Gasteiger partial charge in [-0.25, -0.2) is 0 Å². The van der Waals surface area contributed by atoms with E-state index in [9.17, 15) is 0 Å². The summed E-state index contributed by atoms with van der Waals surface area (Å²) in [6.07, 6.45) is 1.10. The molecule has 0 aromatic carbocycles. The van der Waals surface area contributed by atoms with E-state index in [0.717, 1.165) is 49.4 Å². The van der Waals surface area contributed by atoms with Crippen molar-refractivity contribution in [2.45, 2.75) is 39.3 Å². The quantitative estimate of drug-likeness (QED) is 0.886. The molecule has 18 heavy (non-hydrogen) atoms. The molecular formula is C12H22N4OS. The molecule has 0 spiro atoms. The molecule has 1 aromatic heterocycles. The van der Waals surface area contributed by atoms with E-state index >= 15 is 0 Å². The first kappa shape index (κ1) is 13.7. The van der Waals surface area contributed by atoms with Crippen molar-refractivity contribution >= 4 is 16.5 Å². The summed E-state index contributed by atoms with van der Waals surface area (Å²) >= 11 is 1.65. The fourth-order valence-corrected chi connectivity index (χ4v) is 2.75. The standard InChI is InChI=1S/C12H22N4OS/c1-4-5-13-11-15-14-10(18-11)8-16-6-7-17-9-12(16,2)3/h4-9H2,1-3H3,(H,13,15). The van der Waals surface area contributed by atoms with Crippen molar-refractivity contribution in [3.05, 3.63) is 5.01 Å². The summed E-state index contributed by atoms with van der Waals surface area (Å²) < 4.78 is 5.52. The van der Waals surface area contributed by atoms with Gasteiger partial charge in [0.05, 0.1) is 19.8 Å². The van der Waals surface area contributed by atoms with E-state index in [4.69, 9.17) is 4.74 Å². The van der Waals surface area contributed by atoms with Crippen LogP contribution in [0, 0.1) is 0 Å². The first-order valence-corrected chi connectivity index (χ1v) is 7.32. The number of anilines is 1. The minimum Gasteiger partial charge on any atom is -0.378 e. The minimum atomic E-state index is 0.0843. The largest absolute Gasteiger partial charge is 0.378 e. The summed E-state index contributed by atoms with van der Waals surface area (Å²) in [5, 5.41) is 13.7. The lowest BCUT2D eigenvalue weighted by atomic mass is 10.0. The van der Waals surface area contributed by atoms with Crippen LogP contribution in [0.2, 0.25) is 0 Å². The first-order chi connectivity index (χ1) is 8.62. The van der Waals surface area contributed by atoms with Gasteiger partial charge in [-0.1, -0.05) is 18.3 Å². The van der Waals surface area contributed by atoms with E-state index in [-0.39, 0.29) is 5.54 Å². The number of nitrogens with one attached hydrogen (secondary N) is 1. The molecule has 1 fully saturated rings. The van der Waals surface area contributed by atoms with Gasteiger partial charge in [0.15, 0.2) is 0 Å². The van der Waals surface area contributed by atoms with E-state index in [1.54, 1.807) is 11.3 Å². The Hall–Kier alpha value is -0.720. The normalized spacial score (nSPS) is 19.9. The van der Waals surface area contributed by atoms with Gasteiger partial charge in [-0.05, 0) is 20.3 Å². The van der Waals surface area contributed by atoms with Crippen LogP contribution in [0.25, 0.3) is 0 Å². The number of hydrogen-bond acceptors (Lipinski definition) is 6. The Balaban J connectivity index is 1.94. The van der Waals surface area contributed by atoms with Crippen LogP contribution in [0.5, 0.6) is 0 Å². The van der Waals surface area contributed by atoms with Crippen molar-refractivity contribution in [1.82, 2.24) is 15.1 Å². The Labute approximate surface area is 113 Å². The molecular weight excluding hydrogens is 248 g/mol. The topological polar surface area (TPSA) is 50.3 Å². The van der Waals surface area contributed by atoms with E-state index in [2.05, 4.69) is 41.2 Å². The second kappa shape index (κ2) is 5.95. The Kier molecular flexibility index (Phi) is 4.53. The molecule has 1 aliphatic rings. The maximum absolute atomic E-state index is 5.52. The zero-order chi connectivity index (χ0) is 13.0. The molecule has 1 aromatic rings. The smallest absolute Gasteiger partial charge is 0.205 e. The predicted octanol–water partition coefficient (Wildman–Crippen LogP) is 1.97. The monoisotopic (exact) mass is 270 g/mol. The third-order valence-corrected chi connectivity index (χ3v) is 4.00. The van der Waals surface area contributed by atoms with Crippen molar-refractivity contribution in [2.24, 2.45) is 0 Å². The second-order valence-corrected chi connectivity index (χ2v) is 6.28. The van der Waals surface area contributed by atoms with E-state index in [1.165, 1.54) is 0 Å². The van der Waals surface area contributed by atoms with Crippen LogP contribution in [0.15, 0.2) is 0 Å². The third-order valence-electron chi connectivity index (χ3n) is 3.14. The fourth-order valence-electron chi connectivity index (χ4n) is 1.97. The Morgan fingerprint density at radius 1 is 1.44 bits per heavy atom. The molecule has 1 saturated heterocycles. The van der Waals surface area contributed by atoms with Gasteiger partial charge in [0.2, 0.25) is 5.13 Å². The van der Waals surface area contributed by atoms with Gasteiger partial charge < -0.3 is 10.1 Å². The number of rotatable bonds is 5. The van der Waals surface area contributed by atoms with Crippen LogP contribution in [-0.4, -0.2) is 46.9 Å². The highest BCUT2D eigenvalue weighted by atomic mass is 32.1. The molecule has 0 bridgehead atoms. The molecule has 0 atom stereocenters. The number of nitrogens with zero attached hydrogens (tertiary/aromatic N) is 3. The van der Waals surface area contributed by atoms with Crippen LogP contribution >= 0.6 is 11.3 Å². The van der Waals surface area contributed by atoms with Crippen LogP contribution in [0.4, 0.5) is 5.13 Å². The molecule has 2 heterocycles. The van der Waals surface area contributed by atoms with Gasteiger partial charge >= 0.3 is 0 Å². The van der Waals surface area contributed by atoms with Gasteiger partial charge in [-0.2, -0.15) is 0 Å². The Morgan fingerprint density at radius 3 is 3.00 bits per heavy atom. The molecule has 102 valence electrons. The minimum absolute atomic E-state index is 0.0843. The molecule has 5 nitrogen and oxygen atoms in total. The molecule has 0 aliphatic carbocycles. The van der Waals surface area contributed by atoms with Crippen molar-refractivity contribution in [1.29, 1.82) is 0 Å². The van der Waals surface area contributed by atoms with Crippen LogP contribution in [0.1, 0.15) is 32.2 Å². The second-order valence-electron chi connectivity index (χ2n) is 5.21. The van der Waals surface area contributed by atoms with Crippen molar-refractivity contribution < 1.29 is 4.74 Å². The average molecular weight is 270 g/mol. The maximum Gasteiger partial charge on any atom is 0.205 e. The summed E-state index contributed by atoms with van der Waals surface area (Å²) in [7, 11) is 0. The molecule has 1 N–H and O–H groups in total. The third kappa shape index (κ3) is 3.40. The van der Waals surface area contributed by atoms with E-state index in [0.29, 0.717) is 0 Å². The van der Waals surface area contributed by atoms with Crippen LogP contribution in [0.3, 0.4) is 0 Å². The lowest BCUT2D eigenvalue weighted by Crippen LogP contribution is -2.52. The summed E-state index contributed by atoms with van der Waals surface area (Å²) in [5.74, 6) is 0. The van der Waals surface area contributed by atoms with Crippen molar-refractivity contribution in [3.8, 4) is 0 Å². The SMILES string of the molecule is CCCNc1nnc(CN2CCOCC2(C)C)s1. The summed E-state index contributed by atoms with van der Waals surface area (Å²) in [4.78, 5) is 2.42. The first-order valence-electron chi connectivity index (χ1n) is 6.51. The lowest BCUT2D eigenvalue weighted by Gasteiger charge is -2.41. The molecule has 6 heteroatoms. The van der Waals surface area contributed by atoms with Gasteiger partial charge in [0, 0.05) is 18.6 Å². The highest BCUT2D eigenvalue weighted by Gasteiger charge is 2.31. The van der Waals surface area contributed by atoms with Gasteiger partial charge in [-0.15, -0.1) is 10.2 Å². The molecule has 0 amide bonds. The molecule has 0 unspecified atom stereocenters. The summed E-state index contributed by atoms with van der Waals surface area (Å²) in [6, 6.07) is 0. The number of ether oxygens (including phenoxy) is 1. The van der Waals surface area contributed by atoms with Crippen LogP contribution in [-0.2, 0) is 11.3 Å². The lowest BCUT2D eigenvalue weighted by molar-refractivity contribution is -0.0553. The number of hydrogen-bond donors (Lipinski definition) is 1. The predicted molar refractivity (Wildman–Crippen MR) is 74.0 cm³/mol. The maximum atomic E-state index is 5.52. The summed E-state index contributed by atoms with van der Waals surface area (Å²) in [5.41, 5.74) is 0.0843. The zero-order valence-corrected chi connectivity index (χ0v) is 12.2. The van der Waals surface area contributed by atoms with E-state index < -0.39 is 0 Å². The Morgan fingerprint density at radius 2 is 2.28 bits per heavy atom.